The minimum atomic E-state index is -1.23. The summed E-state index contributed by atoms with van der Waals surface area (Å²) in [6.07, 6.45) is -0.891. The minimum absolute atomic E-state index is 0.0431. The summed E-state index contributed by atoms with van der Waals surface area (Å²) in [4.78, 5) is 47.3. The molecule has 10 nitrogen and oxygen atoms in total. The Morgan fingerprint density at radius 1 is 0.677 bits per heavy atom. The molecule has 2 aromatic rings. The van der Waals surface area contributed by atoms with Crippen LogP contribution < -0.4 is 11.5 Å². The molecule has 10 heteroatoms. The van der Waals surface area contributed by atoms with Crippen LogP contribution in [0, 0.1) is 0 Å². The van der Waals surface area contributed by atoms with Gasteiger partial charge < -0.3 is 31.2 Å². The van der Waals surface area contributed by atoms with E-state index in [4.69, 9.17) is 11.5 Å². The van der Waals surface area contributed by atoms with E-state index in [1.807, 2.05) is 0 Å². The van der Waals surface area contributed by atoms with Crippen LogP contribution in [0.1, 0.15) is 17.5 Å². The molecule has 0 aliphatic heterocycles. The smallest absolute Gasteiger partial charge is 0.330 e. The average molecular weight is 430 g/mol. The SMILES string of the molecule is N[C@@H](Cc1ccc(O)cc1)C(=O)OC(=O)CC(=O)OC(=O)[C@@H](N)Cc1ccc(O)cc1. The molecule has 0 saturated carbocycles. The number of hydrogen-bond acceptors (Lipinski definition) is 10. The zero-order chi connectivity index (χ0) is 23.0. The van der Waals surface area contributed by atoms with Gasteiger partial charge in [0.1, 0.15) is 30.0 Å². The summed E-state index contributed by atoms with van der Waals surface area (Å²) >= 11 is 0. The van der Waals surface area contributed by atoms with Gasteiger partial charge >= 0.3 is 23.9 Å². The molecule has 0 radical (unpaired) electrons. The topological polar surface area (TPSA) is 179 Å². The molecule has 164 valence electrons. The first-order valence-electron chi connectivity index (χ1n) is 9.20. The first kappa shape index (κ1) is 23.5. The fraction of sp³-hybridized carbons (Fsp3) is 0.238. The Morgan fingerprint density at radius 3 is 1.32 bits per heavy atom. The number of carbonyl (C=O) groups excluding carboxylic acids is 4. The number of rotatable bonds is 8. The standard InChI is InChI=1S/C21H22N2O8/c22-16(9-12-1-5-14(24)6-2-12)20(28)30-18(26)11-19(27)31-21(29)17(23)10-13-3-7-15(25)8-4-13/h1-8,16-17,24-25H,9-11,22-23H2/t16-,17-/m0/s1. The van der Waals surface area contributed by atoms with Gasteiger partial charge in [-0.25, -0.2) is 9.59 Å². The molecule has 0 aromatic heterocycles. The third-order valence-corrected chi connectivity index (χ3v) is 4.11. The monoisotopic (exact) mass is 430 g/mol. The zero-order valence-electron chi connectivity index (χ0n) is 16.4. The van der Waals surface area contributed by atoms with Crippen molar-refractivity contribution in [1.82, 2.24) is 0 Å². The minimum Gasteiger partial charge on any atom is -0.508 e. The Hall–Kier alpha value is -3.76. The van der Waals surface area contributed by atoms with E-state index in [0.717, 1.165) is 0 Å². The molecule has 31 heavy (non-hydrogen) atoms. The van der Waals surface area contributed by atoms with Gasteiger partial charge in [-0.15, -0.1) is 0 Å². The number of nitrogens with two attached hydrogens (primary N) is 2. The van der Waals surface area contributed by atoms with E-state index < -0.39 is 42.4 Å². The fourth-order valence-corrected chi connectivity index (χ4v) is 2.50. The van der Waals surface area contributed by atoms with Crippen molar-refractivity contribution in [1.29, 1.82) is 0 Å². The zero-order valence-corrected chi connectivity index (χ0v) is 16.4. The van der Waals surface area contributed by atoms with E-state index in [0.29, 0.717) is 11.1 Å². The maximum absolute atomic E-state index is 11.9. The van der Waals surface area contributed by atoms with E-state index in [1.165, 1.54) is 24.3 Å². The second kappa shape index (κ2) is 10.9. The average Bonchev–Trinajstić information content (AvgIpc) is 2.71. The summed E-state index contributed by atoms with van der Waals surface area (Å²) in [6, 6.07) is 9.51. The fourth-order valence-electron chi connectivity index (χ4n) is 2.50. The molecule has 6 N–H and O–H groups in total. The summed E-state index contributed by atoms with van der Waals surface area (Å²) in [5, 5.41) is 18.5. The summed E-state index contributed by atoms with van der Waals surface area (Å²) in [5.74, 6) is -4.47. The van der Waals surface area contributed by atoms with E-state index in [9.17, 15) is 29.4 Å². The largest absolute Gasteiger partial charge is 0.508 e. The van der Waals surface area contributed by atoms with Gasteiger partial charge in [-0.1, -0.05) is 24.3 Å². The van der Waals surface area contributed by atoms with Crippen LogP contribution in [0.2, 0.25) is 0 Å². The first-order valence-corrected chi connectivity index (χ1v) is 9.20. The second-order valence-electron chi connectivity index (χ2n) is 6.72. The van der Waals surface area contributed by atoms with Crippen molar-refractivity contribution in [3.63, 3.8) is 0 Å². The van der Waals surface area contributed by atoms with Crippen molar-refractivity contribution < 1.29 is 38.9 Å². The lowest BCUT2D eigenvalue weighted by Gasteiger charge is -2.12. The number of esters is 4. The van der Waals surface area contributed by atoms with E-state index in [-0.39, 0.29) is 24.3 Å². The van der Waals surface area contributed by atoms with Gasteiger partial charge in [-0.3, -0.25) is 9.59 Å². The van der Waals surface area contributed by atoms with Crippen molar-refractivity contribution in [2.45, 2.75) is 31.3 Å². The van der Waals surface area contributed by atoms with Crippen LogP contribution in [0.3, 0.4) is 0 Å². The molecule has 2 atom stereocenters. The predicted molar refractivity (Wildman–Crippen MR) is 106 cm³/mol. The van der Waals surface area contributed by atoms with Gasteiger partial charge in [0, 0.05) is 0 Å². The van der Waals surface area contributed by atoms with E-state index >= 15 is 0 Å². The predicted octanol–water partition coefficient (Wildman–Crippen LogP) is 0.0673. The first-order chi connectivity index (χ1) is 14.6. The summed E-state index contributed by atoms with van der Waals surface area (Å²) in [6.45, 7) is 0. The number of aromatic hydroxyl groups is 2. The highest BCUT2D eigenvalue weighted by atomic mass is 16.6. The van der Waals surface area contributed by atoms with Gasteiger partial charge in [0.25, 0.3) is 0 Å². The molecule has 2 rings (SSSR count). The lowest BCUT2D eigenvalue weighted by Crippen LogP contribution is -2.37. The number of benzene rings is 2. The summed E-state index contributed by atoms with van der Waals surface area (Å²) < 4.78 is 9.02. The molecule has 2 aromatic carbocycles. The van der Waals surface area contributed by atoms with Crippen LogP contribution in [-0.2, 0) is 41.5 Å². The number of phenols is 2. The second-order valence-corrected chi connectivity index (χ2v) is 6.72. The van der Waals surface area contributed by atoms with Crippen LogP contribution in [0.15, 0.2) is 48.5 Å². The molecule has 0 amide bonds. The molecule has 0 bridgehead atoms. The van der Waals surface area contributed by atoms with Crippen molar-refractivity contribution in [3.8, 4) is 11.5 Å². The highest BCUT2D eigenvalue weighted by molar-refractivity contribution is 6.00. The van der Waals surface area contributed by atoms with Gasteiger partial charge in [0.2, 0.25) is 0 Å². The maximum Gasteiger partial charge on any atom is 0.330 e. The molecule has 0 saturated heterocycles. The highest BCUT2D eigenvalue weighted by Gasteiger charge is 2.24. The number of phenolic OH excluding ortho intramolecular Hbond substituents is 2. The lowest BCUT2D eigenvalue weighted by molar-refractivity contribution is -0.166. The van der Waals surface area contributed by atoms with Crippen molar-refractivity contribution in [3.05, 3.63) is 59.7 Å². The quantitative estimate of drug-likeness (QED) is 0.330. The van der Waals surface area contributed by atoms with Crippen LogP contribution in [0.5, 0.6) is 11.5 Å². The van der Waals surface area contributed by atoms with Crippen molar-refractivity contribution in [2.24, 2.45) is 11.5 Å². The Kier molecular flexibility index (Phi) is 8.24. The molecular weight excluding hydrogens is 408 g/mol. The molecular formula is C21H22N2O8. The van der Waals surface area contributed by atoms with Gasteiger partial charge in [-0.05, 0) is 48.2 Å². The molecule has 0 heterocycles. The highest BCUT2D eigenvalue weighted by Crippen LogP contribution is 2.12. The maximum atomic E-state index is 11.9. The Balaban J connectivity index is 1.76. The van der Waals surface area contributed by atoms with Gasteiger partial charge in [-0.2, -0.15) is 0 Å². The molecule has 0 fully saturated rings. The number of ether oxygens (including phenoxy) is 2. The molecule has 0 aliphatic carbocycles. The number of hydrogen-bond donors (Lipinski definition) is 4. The molecule has 0 aliphatic rings. The van der Waals surface area contributed by atoms with Crippen LogP contribution in [-0.4, -0.2) is 46.2 Å². The van der Waals surface area contributed by atoms with E-state index in [1.54, 1.807) is 24.3 Å². The molecule has 0 spiro atoms. The lowest BCUT2D eigenvalue weighted by atomic mass is 10.1. The van der Waals surface area contributed by atoms with Gasteiger partial charge in [0.15, 0.2) is 0 Å². The summed E-state index contributed by atoms with van der Waals surface area (Å²) in [7, 11) is 0. The normalized spacial score (nSPS) is 12.5. The Bertz CT molecular complexity index is 863. The summed E-state index contributed by atoms with van der Waals surface area (Å²) in [5.41, 5.74) is 12.6. The van der Waals surface area contributed by atoms with Crippen molar-refractivity contribution >= 4 is 23.9 Å². The third-order valence-electron chi connectivity index (χ3n) is 4.11. The molecule has 0 unspecified atom stereocenters. The Labute approximate surface area is 177 Å². The van der Waals surface area contributed by atoms with Crippen LogP contribution in [0.25, 0.3) is 0 Å². The van der Waals surface area contributed by atoms with Crippen molar-refractivity contribution in [2.75, 3.05) is 0 Å². The number of carbonyl (C=O) groups is 4. The van der Waals surface area contributed by atoms with Crippen LogP contribution in [0.4, 0.5) is 0 Å². The van der Waals surface area contributed by atoms with Crippen LogP contribution >= 0.6 is 0 Å². The van der Waals surface area contributed by atoms with Gasteiger partial charge in [0.05, 0.1) is 0 Å². The third kappa shape index (κ3) is 7.88. The Morgan fingerprint density at radius 2 is 1.00 bits per heavy atom. The van der Waals surface area contributed by atoms with E-state index in [2.05, 4.69) is 9.47 Å².